The Morgan fingerprint density at radius 3 is 2.60 bits per heavy atom. The minimum atomic E-state index is -0.196. The van der Waals surface area contributed by atoms with Gasteiger partial charge in [0.2, 0.25) is 0 Å². The average molecular weight is 290 g/mol. The lowest BCUT2D eigenvalue weighted by Crippen LogP contribution is -2.12. The maximum atomic E-state index is 6.32. The van der Waals surface area contributed by atoms with Crippen molar-refractivity contribution in [3.05, 3.63) is 64.2 Å². The second-order valence-corrected chi connectivity index (χ2v) is 5.31. The van der Waals surface area contributed by atoms with Gasteiger partial charge in [-0.1, -0.05) is 42.8 Å². The monoisotopic (exact) mass is 289 g/mol. The van der Waals surface area contributed by atoms with Gasteiger partial charge in [0, 0.05) is 5.02 Å². The summed E-state index contributed by atoms with van der Waals surface area (Å²) in [5.74, 6) is 0.859. The number of hydrogen-bond acceptors (Lipinski definition) is 2. The van der Waals surface area contributed by atoms with Crippen molar-refractivity contribution in [2.24, 2.45) is 5.73 Å². The number of benzene rings is 2. The molecule has 0 spiro atoms. The molecule has 0 aromatic heterocycles. The quantitative estimate of drug-likeness (QED) is 0.880. The Morgan fingerprint density at radius 2 is 1.90 bits per heavy atom. The lowest BCUT2D eigenvalue weighted by molar-refractivity contribution is 0.317. The molecule has 0 amide bonds. The molecule has 2 rings (SSSR count). The molecule has 2 nitrogen and oxygen atoms in total. The topological polar surface area (TPSA) is 35.2 Å². The van der Waals surface area contributed by atoms with Crippen molar-refractivity contribution < 1.29 is 4.74 Å². The van der Waals surface area contributed by atoms with Gasteiger partial charge in [-0.3, -0.25) is 0 Å². The maximum Gasteiger partial charge on any atom is 0.119 e. The number of halogens is 1. The molecule has 0 saturated heterocycles. The van der Waals surface area contributed by atoms with Crippen LogP contribution in [0.15, 0.2) is 42.5 Å². The zero-order valence-corrected chi connectivity index (χ0v) is 12.7. The van der Waals surface area contributed by atoms with E-state index in [-0.39, 0.29) is 6.04 Å². The van der Waals surface area contributed by atoms with Crippen LogP contribution in [0.1, 0.15) is 36.1 Å². The van der Waals surface area contributed by atoms with Crippen LogP contribution in [-0.2, 0) is 0 Å². The predicted octanol–water partition coefficient (Wildman–Crippen LogP) is 4.49. The van der Waals surface area contributed by atoms with Gasteiger partial charge in [0.05, 0.1) is 12.6 Å². The van der Waals surface area contributed by atoms with Crippen molar-refractivity contribution in [3.8, 4) is 5.75 Å². The highest BCUT2D eigenvalue weighted by atomic mass is 35.5. The summed E-state index contributed by atoms with van der Waals surface area (Å²) in [6.45, 7) is 4.79. The average Bonchev–Trinajstić information content (AvgIpc) is 2.47. The summed E-state index contributed by atoms with van der Waals surface area (Å²) in [4.78, 5) is 0. The molecule has 0 radical (unpaired) electrons. The van der Waals surface area contributed by atoms with Gasteiger partial charge in [0.25, 0.3) is 0 Å². The minimum Gasteiger partial charge on any atom is -0.494 e. The van der Waals surface area contributed by atoms with Gasteiger partial charge >= 0.3 is 0 Å². The van der Waals surface area contributed by atoms with Crippen LogP contribution in [0.3, 0.4) is 0 Å². The zero-order valence-electron chi connectivity index (χ0n) is 11.9. The fourth-order valence-corrected chi connectivity index (χ4v) is 2.20. The van der Waals surface area contributed by atoms with Gasteiger partial charge in [-0.25, -0.2) is 0 Å². The standard InChI is InChI=1S/C17H20ClNO/c1-3-9-20-15-6-4-5-13(10-15)17(19)14-8-7-12(2)16(18)11-14/h4-8,10-11,17H,3,9,19H2,1-2H3. The van der Waals surface area contributed by atoms with Crippen LogP contribution in [0.25, 0.3) is 0 Å². The molecule has 0 aliphatic heterocycles. The number of ether oxygens (including phenoxy) is 1. The molecule has 0 fully saturated rings. The number of aryl methyl sites for hydroxylation is 1. The Labute approximate surface area is 125 Å². The van der Waals surface area contributed by atoms with Crippen molar-refractivity contribution >= 4 is 11.6 Å². The van der Waals surface area contributed by atoms with Crippen LogP contribution in [0.2, 0.25) is 5.02 Å². The molecule has 0 heterocycles. The number of nitrogens with two attached hydrogens (primary N) is 1. The molecule has 0 aliphatic rings. The van der Waals surface area contributed by atoms with Crippen LogP contribution in [0.4, 0.5) is 0 Å². The van der Waals surface area contributed by atoms with E-state index in [1.165, 1.54) is 0 Å². The van der Waals surface area contributed by atoms with E-state index in [2.05, 4.69) is 6.92 Å². The van der Waals surface area contributed by atoms with Crippen LogP contribution >= 0.6 is 11.6 Å². The van der Waals surface area contributed by atoms with Gasteiger partial charge in [0.1, 0.15) is 5.75 Å². The highest BCUT2D eigenvalue weighted by molar-refractivity contribution is 6.31. The second kappa shape index (κ2) is 6.78. The first-order valence-electron chi connectivity index (χ1n) is 6.86. The van der Waals surface area contributed by atoms with Crippen LogP contribution in [-0.4, -0.2) is 6.61 Å². The Bertz CT molecular complexity index is 583. The first-order chi connectivity index (χ1) is 9.61. The van der Waals surface area contributed by atoms with Gasteiger partial charge in [-0.05, 0) is 48.2 Å². The van der Waals surface area contributed by atoms with E-state index in [1.807, 2.05) is 49.4 Å². The third kappa shape index (κ3) is 3.53. The Balaban J connectivity index is 2.23. The van der Waals surface area contributed by atoms with Crippen molar-refractivity contribution in [1.29, 1.82) is 0 Å². The van der Waals surface area contributed by atoms with E-state index in [1.54, 1.807) is 0 Å². The molecule has 0 aliphatic carbocycles. The summed E-state index contributed by atoms with van der Waals surface area (Å²) in [7, 11) is 0. The van der Waals surface area contributed by atoms with Gasteiger partial charge in [-0.2, -0.15) is 0 Å². The Morgan fingerprint density at radius 1 is 1.15 bits per heavy atom. The van der Waals surface area contributed by atoms with E-state index in [0.717, 1.165) is 40.5 Å². The molecular formula is C17H20ClNO. The largest absolute Gasteiger partial charge is 0.494 e. The van der Waals surface area contributed by atoms with E-state index >= 15 is 0 Å². The Hall–Kier alpha value is -1.51. The van der Waals surface area contributed by atoms with Gasteiger partial charge < -0.3 is 10.5 Å². The van der Waals surface area contributed by atoms with Gasteiger partial charge in [0.15, 0.2) is 0 Å². The number of hydrogen-bond donors (Lipinski definition) is 1. The molecule has 2 aromatic carbocycles. The van der Waals surface area contributed by atoms with E-state index < -0.39 is 0 Å². The first-order valence-corrected chi connectivity index (χ1v) is 7.24. The lowest BCUT2D eigenvalue weighted by atomic mass is 9.98. The smallest absolute Gasteiger partial charge is 0.119 e. The third-order valence-electron chi connectivity index (χ3n) is 3.25. The van der Waals surface area contributed by atoms with Crippen molar-refractivity contribution in [1.82, 2.24) is 0 Å². The Kier molecular flexibility index (Phi) is 5.05. The van der Waals surface area contributed by atoms with Crippen LogP contribution < -0.4 is 10.5 Å². The van der Waals surface area contributed by atoms with E-state index in [4.69, 9.17) is 22.1 Å². The minimum absolute atomic E-state index is 0.196. The summed E-state index contributed by atoms with van der Waals surface area (Å²) in [6, 6.07) is 13.7. The van der Waals surface area contributed by atoms with Crippen LogP contribution in [0.5, 0.6) is 5.75 Å². The van der Waals surface area contributed by atoms with Crippen molar-refractivity contribution in [2.75, 3.05) is 6.61 Å². The van der Waals surface area contributed by atoms with Gasteiger partial charge in [-0.15, -0.1) is 0 Å². The first kappa shape index (κ1) is 14.9. The number of rotatable bonds is 5. The molecule has 2 aromatic rings. The lowest BCUT2D eigenvalue weighted by Gasteiger charge is -2.15. The normalized spacial score (nSPS) is 12.2. The predicted molar refractivity (Wildman–Crippen MR) is 84.4 cm³/mol. The summed E-state index contributed by atoms with van der Waals surface area (Å²) >= 11 is 6.16. The molecule has 1 atom stereocenters. The molecular weight excluding hydrogens is 270 g/mol. The van der Waals surface area contributed by atoms with Crippen LogP contribution in [0, 0.1) is 6.92 Å². The zero-order chi connectivity index (χ0) is 14.5. The summed E-state index contributed by atoms with van der Waals surface area (Å²) < 4.78 is 5.64. The molecule has 3 heteroatoms. The SMILES string of the molecule is CCCOc1cccc(C(N)c2ccc(C)c(Cl)c2)c1. The maximum absolute atomic E-state index is 6.32. The summed E-state index contributed by atoms with van der Waals surface area (Å²) in [6.07, 6.45) is 0.990. The molecule has 20 heavy (non-hydrogen) atoms. The molecule has 0 bridgehead atoms. The molecule has 106 valence electrons. The highest BCUT2D eigenvalue weighted by Crippen LogP contribution is 2.26. The van der Waals surface area contributed by atoms with Crippen molar-refractivity contribution in [2.45, 2.75) is 26.3 Å². The molecule has 0 saturated carbocycles. The summed E-state index contributed by atoms with van der Waals surface area (Å²) in [5.41, 5.74) is 9.41. The van der Waals surface area contributed by atoms with E-state index in [0.29, 0.717) is 0 Å². The molecule has 1 unspecified atom stereocenters. The fourth-order valence-electron chi connectivity index (χ4n) is 2.01. The van der Waals surface area contributed by atoms with E-state index in [9.17, 15) is 0 Å². The second-order valence-electron chi connectivity index (χ2n) is 4.91. The third-order valence-corrected chi connectivity index (χ3v) is 3.65. The molecule has 2 N–H and O–H groups in total. The highest BCUT2D eigenvalue weighted by Gasteiger charge is 2.11. The summed E-state index contributed by atoms with van der Waals surface area (Å²) in [5, 5.41) is 0.747. The fraction of sp³-hybridized carbons (Fsp3) is 0.294. The van der Waals surface area contributed by atoms with Crippen molar-refractivity contribution in [3.63, 3.8) is 0 Å².